The van der Waals surface area contributed by atoms with Crippen LogP contribution in [0.2, 0.25) is 0 Å². The Labute approximate surface area is 114 Å². The molecule has 1 aliphatic rings. The summed E-state index contributed by atoms with van der Waals surface area (Å²) in [7, 11) is 1.71. The van der Waals surface area contributed by atoms with Crippen molar-refractivity contribution < 1.29 is 17.9 Å². The van der Waals surface area contributed by atoms with Gasteiger partial charge in [-0.1, -0.05) is 0 Å². The number of halogens is 3. The van der Waals surface area contributed by atoms with Crippen LogP contribution in [0.4, 0.5) is 24.8 Å². The van der Waals surface area contributed by atoms with E-state index in [1.54, 1.807) is 11.9 Å². The summed E-state index contributed by atoms with van der Waals surface area (Å²) in [4.78, 5) is 8.46. The molecule has 1 aromatic rings. The van der Waals surface area contributed by atoms with Crippen molar-refractivity contribution >= 4 is 11.6 Å². The summed E-state index contributed by atoms with van der Waals surface area (Å²) in [5.74, 6) is -0.803. The van der Waals surface area contributed by atoms with Crippen molar-refractivity contribution in [2.24, 2.45) is 5.92 Å². The highest BCUT2D eigenvalue weighted by Crippen LogP contribution is 2.29. The van der Waals surface area contributed by atoms with Crippen LogP contribution < -0.4 is 10.6 Å². The Hall–Kier alpha value is -1.57. The standard InChI is InChI=1S/C12H17F3N4O/c1-19(7-8-2-4-20-5-3-8)10-6-9(16)17-11(18-10)12(13,14)15/h6,8H,2-5,7H2,1H3,(H2,16,17,18). The molecule has 1 saturated heterocycles. The summed E-state index contributed by atoms with van der Waals surface area (Å²) in [5.41, 5.74) is 5.43. The van der Waals surface area contributed by atoms with Gasteiger partial charge in [0.2, 0.25) is 5.82 Å². The lowest BCUT2D eigenvalue weighted by molar-refractivity contribution is -0.144. The predicted octanol–water partition coefficient (Wildman–Crippen LogP) is 1.94. The third-order valence-electron chi connectivity index (χ3n) is 3.25. The van der Waals surface area contributed by atoms with Crippen LogP contribution in [0.15, 0.2) is 6.07 Å². The van der Waals surface area contributed by atoms with Crippen molar-refractivity contribution in [1.29, 1.82) is 0 Å². The van der Waals surface area contributed by atoms with Gasteiger partial charge in [-0.3, -0.25) is 0 Å². The summed E-state index contributed by atoms with van der Waals surface area (Å²) >= 11 is 0. The predicted molar refractivity (Wildman–Crippen MR) is 68.3 cm³/mol. The zero-order valence-electron chi connectivity index (χ0n) is 11.2. The number of rotatable bonds is 3. The molecule has 2 heterocycles. The minimum Gasteiger partial charge on any atom is -0.384 e. The molecule has 0 aromatic carbocycles. The van der Waals surface area contributed by atoms with Crippen LogP contribution in [0, 0.1) is 5.92 Å². The summed E-state index contributed by atoms with van der Waals surface area (Å²) in [6.45, 7) is 2.01. The molecule has 20 heavy (non-hydrogen) atoms. The molecule has 0 unspecified atom stereocenters. The average Bonchev–Trinajstić information content (AvgIpc) is 2.38. The lowest BCUT2D eigenvalue weighted by Crippen LogP contribution is -2.30. The van der Waals surface area contributed by atoms with Gasteiger partial charge in [-0.15, -0.1) is 0 Å². The lowest BCUT2D eigenvalue weighted by atomic mass is 10.00. The normalized spacial score (nSPS) is 17.2. The zero-order valence-corrected chi connectivity index (χ0v) is 11.2. The van der Waals surface area contributed by atoms with Crippen molar-refractivity contribution in [2.45, 2.75) is 19.0 Å². The highest BCUT2D eigenvalue weighted by molar-refractivity contribution is 5.46. The van der Waals surface area contributed by atoms with Crippen molar-refractivity contribution in [2.75, 3.05) is 37.4 Å². The summed E-state index contributed by atoms with van der Waals surface area (Å²) in [6.07, 6.45) is -2.79. The van der Waals surface area contributed by atoms with Gasteiger partial charge in [0.25, 0.3) is 0 Å². The van der Waals surface area contributed by atoms with Gasteiger partial charge in [0.1, 0.15) is 11.6 Å². The first-order valence-corrected chi connectivity index (χ1v) is 6.37. The van der Waals surface area contributed by atoms with Crippen LogP contribution in [-0.4, -0.2) is 36.8 Å². The Bertz CT molecular complexity index is 461. The second kappa shape index (κ2) is 5.82. The van der Waals surface area contributed by atoms with E-state index >= 15 is 0 Å². The van der Waals surface area contributed by atoms with E-state index in [2.05, 4.69) is 9.97 Å². The molecule has 0 bridgehead atoms. The topological polar surface area (TPSA) is 64.3 Å². The van der Waals surface area contributed by atoms with E-state index in [0.717, 1.165) is 12.8 Å². The summed E-state index contributed by atoms with van der Waals surface area (Å²) < 4.78 is 43.2. The van der Waals surface area contributed by atoms with E-state index in [9.17, 15) is 13.2 Å². The fraction of sp³-hybridized carbons (Fsp3) is 0.667. The molecule has 1 aliphatic heterocycles. The van der Waals surface area contributed by atoms with Crippen molar-refractivity contribution in [3.8, 4) is 0 Å². The van der Waals surface area contributed by atoms with E-state index < -0.39 is 12.0 Å². The van der Waals surface area contributed by atoms with Crippen LogP contribution in [-0.2, 0) is 10.9 Å². The number of ether oxygens (including phenoxy) is 1. The van der Waals surface area contributed by atoms with Gasteiger partial charge >= 0.3 is 6.18 Å². The highest BCUT2D eigenvalue weighted by Gasteiger charge is 2.35. The second-order valence-electron chi connectivity index (χ2n) is 4.91. The molecule has 1 aromatic heterocycles. The molecule has 2 rings (SSSR count). The molecule has 1 fully saturated rings. The van der Waals surface area contributed by atoms with Gasteiger partial charge in [-0.25, -0.2) is 9.97 Å². The van der Waals surface area contributed by atoms with E-state index in [0.29, 0.717) is 25.7 Å². The third-order valence-corrected chi connectivity index (χ3v) is 3.25. The molecule has 8 heteroatoms. The molecule has 0 aliphatic carbocycles. The van der Waals surface area contributed by atoms with Gasteiger partial charge < -0.3 is 15.4 Å². The number of nitrogens with two attached hydrogens (primary N) is 1. The fourth-order valence-corrected chi connectivity index (χ4v) is 2.18. The number of anilines is 2. The molecule has 2 N–H and O–H groups in total. The number of alkyl halides is 3. The van der Waals surface area contributed by atoms with Gasteiger partial charge in [-0.05, 0) is 18.8 Å². The van der Waals surface area contributed by atoms with Crippen molar-refractivity contribution in [1.82, 2.24) is 9.97 Å². The summed E-state index contributed by atoms with van der Waals surface area (Å²) in [6, 6.07) is 1.36. The van der Waals surface area contributed by atoms with Crippen LogP contribution in [0.3, 0.4) is 0 Å². The SMILES string of the molecule is CN(CC1CCOCC1)c1cc(N)nc(C(F)(F)F)n1. The van der Waals surface area contributed by atoms with Crippen LogP contribution in [0.1, 0.15) is 18.7 Å². The quantitative estimate of drug-likeness (QED) is 0.921. The number of hydrogen-bond donors (Lipinski definition) is 1. The largest absolute Gasteiger partial charge is 0.451 e. The maximum Gasteiger partial charge on any atom is 0.451 e. The Kier molecular flexibility index (Phi) is 4.32. The summed E-state index contributed by atoms with van der Waals surface area (Å²) in [5, 5.41) is 0. The smallest absolute Gasteiger partial charge is 0.384 e. The van der Waals surface area contributed by atoms with Crippen LogP contribution in [0.25, 0.3) is 0 Å². The number of nitrogens with zero attached hydrogens (tertiary/aromatic N) is 3. The Balaban J connectivity index is 2.12. The van der Waals surface area contributed by atoms with Gasteiger partial charge in [0, 0.05) is 32.9 Å². The van der Waals surface area contributed by atoms with E-state index in [4.69, 9.17) is 10.5 Å². The van der Waals surface area contributed by atoms with Gasteiger partial charge in [0.05, 0.1) is 0 Å². The molecular weight excluding hydrogens is 273 g/mol. The number of aromatic nitrogens is 2. The molecule has 112 valence electrons. The third kappa shape index (κ3) is 3.72. The van der Waals surface area contributed by atoms with E-state index in [-0.39, 0.29) is 11.6 Å². The number of nitrogen functional groups attached to an aromatic ring is 1. The molecule has 0 saturated carbocycles. The van der Waals surface area contributed by atoms with Gasteiger partial charge in [0.15, 0.2) is 0 Å². The average molecular weight is 290 g/mol. The number of hydrogen-bond acceptors (Lipinski definition) is 5. The molecular formula is C12H17F3N4O. The maximum absolute atomic E-state index is 12.7. The highest BCUT2D eigenvalue weighted by atomic mass is 19.4. The molecule has 0 atom stereocenters. The monoisotopic (exact) mass is 290 g/mol. The van der Waals surface area contributed by atoms with Crippen LogP contribution in [0.5, 0.6) is 0 Å². The molecule has 0 spiro atoms. The van der Waals surface area contributed by atoms with E-state index in [1.165, 1.54) is 6.07 Å². The van der Waals surface area contributed by atoms with E-state index in [1.807, 2.05) is 0 Å². The van der Waals surface area contributed by atoms with Gasteiger partial charge in [-0.2, -0.15) is 13.2 Å². The Morgan fingerprint density at radius 2 is 2.00 bits per heavy atom. The molecule has 5 nitrogen and oxygen atoms in total. The maximum atomic E-state index is 12.7. The zero-order chi connectivity index (χ0) is 14.8. The Morgan fingerprint density at radius 1 is 1.35 bits per heavy atom. The lowest BCUT2D eigenvalue weighted by Gasteiger charge is -2.28. The van der Waals surface area contributed by atoms with Crippen LogP contribution >= 0.6 is 0 Å². The Morgan fingerprint density at radius 3 is 2.60 bits per heavy atom. The van der Waals surface area contributed by atoms with Crippen molar-refractivity contribution in [3.63, 3.8) is 0 Å². The first-order valence-electron chi connectivity index (χ1n) is 6.37. The minimum atomic E-state index is -4.59. The molecule has 0 radical (unpaired) electrons. The van der Waals surface area contributed by atoms with Crippen molar-refractivity contribution in [3.05, 3.63) is 11.9 Å². The first kappa shape index (κ1) is 14.8. The minimum absolute atomic E-state index is 0.179. The fourth-order valence-electron chi connectivity index (χ4n) is 2.18. The molecule has 0 amide bonds. The second-order valence-corrected chi connectivity index (χ2v) is 4.91. The first-order chi connectivity index (χ1) is 9.36.